The molecule has 0 atom stereocenters. The quantitative estimate of drug-likeness (QED) is 0.413. The van der Waals surface area contributed by atoms with Gasteiger partial charge in [-0.2, -0.15) is 8.42 Å². The summed E-state index contributed by atoms with van der Waals surface area (Å²) < 4.78 is 36.4. The van der Waals surface area contributed by atoms with E-state index < -0.39 is 20.8 Å². The van der Waals surface area contributed by atoms with E-state index in [0.29, 0.717) is 5.75 Å². The van der Waals surface area contributed by atoms with Crippen molar-refractivity contribution in [2.45, 2.75) is 43.9 Å². The molecule has 0 spiro atoms. The summed E-state index contributed by atoms with van der Waals surface area (Å²) in [5.41, 5.74) is 1.21. The second-order valence-corrected chi connectivity index (χ2v) is 7.06. The SMILES string of the molecule is CCCCCCc1ccc(Oc2ccc(S(=O)(=O)O)cc2[O-])cc1.[K+]. The van der Waals surface area contributed by atoms with Gasteiger partial charge < -0.3 is 9.84 Å². The predicted octanol–water partition coefficient (Wildman–Crippen LogP) is 0.926. The van der Waals surface area contributed by atoms with Gasteiger partial charge in [-0.05, 0) is 48.7 Å². The van der Waals surface area contributed by atoms with Gasteiger partial charge in [-0.25, -0.2) is 0 Å². The Morgan fingerprint density at radius 3 is 2.28 bits per heavy atom. The van der Waals surface area contributed by atoms with Crippen LogP contribution in [0.5, 0.6) is 17.2 Å². The fourth-order valence-corrected chi connectivity index (χ4v) is 2.84. The van der Waals surface area contributed by atoms with Crippen molar-refractivity contribution < 1.29 is 74.2 Å². The number of hydrogen-bond acceptors (Lipinski definition) is 4. The molecule has 0 unspecified atom stereocenters. The average molecular weight is 389 g/mol. The van der Waals surface area contributed by atoms with Gasteiger partial charge in [-0.15, -0.1) is 0 Å². The van der Waals surface area contributed by atoms with Gasteiger partial charge in [-0.1, -0.05) is 44.1 Å². The van der Waals surface area contributed by atoms with Crippen molar-refractivity contribution >= 4 is 10.1 Å². The van der Waals surface area contributed by atoms with Crippen molar-refractivity contribution in [1.29, 1.82) is 0 Å². The average Bonchev–Trinajstić information content (AvgIpc) is 2.54. The maximum absolute atomic E-state index is 11.9. The third-order valence-corrected chi connectivity index (χ3v) is 4.53. The van der Waals surface area contributed by atoms with Crippen LogP contribution in [0.15, 0.2) is 47.4 Å². The molecule has 2 aromatic carbocycles. The topological polar surface area (TPSA) is 86.7 Å². The number of hydrogen-bond donors (Lipinski definition) is 1. The molecule has 1 N–H and O–H groups in total. The van der Waals surface area contributed by atoms with E-state index in [9.17, 15) is 13.5 Å². The fourth-order valence-electron chi connectivity index (χ4n) is 2.34. The predicted molar refractivity (Wildman–Crippen MR) is 90.1 cm³/mol. The van der Waals surface area contributed by atoms with Crippen LogP contribution in [0.25, 0.3) is 0 Å². The molecule has 0 aliphatic heterocycles. The molecule has 25 heavy (non-hydrogen) atoms. The van der Waals surface area contributed by atoms with E-state index in [0.717, 1.165) is 25.0 Å². The first-order valence-corrected chi connectivity index (χ1v) is 9.39. The molecule has 2 aromatic rings. The number of aryl methyl sites for hydroxylation is 1. The first kappa shape index (κ1) is 22.6. The zero-order valence-corrected chi connectivity index (χ0v) is 18.5. The van der Waals surface area contributed by atoms with Crippen LogP contribution in [0.2, 0.25) is 0 Å². The minimum atomic E-state index is -4.39. The zero-order valence-electron chi connectivity index (χ0n) is 14.6. The van der Waals surface area contributed by atoms with E-state index in [1.54, 1.807) is 12.1 Å². The van der Waals surface area contributed by atoms with Crippen LogP contribution in [0.4, 0.5) is 0 Å². The van der Waals surface area contributed by atoms with E-state index in [4.69, 9.17) is 9.29 Å². The largest absolute Gasteiger partial charge is 1.00 e. The van der Waals surface area contributed by atoms with Gasteiger partial charge in [0.1, 0.15) is 11.5 Å². The molecule has 2 rings (SSSR count). The van der Waals surface area contributed by atoms with Gasteiger partial charge in [-0.3, -0.25) is 4.55 Å². The van der Waals surface area contributed by atoms with E-state index in [1.807, 2.05) is 12.1 Å². The van der Waals surface area contributed by atoms with Gasteiger partial charge in [0.15, 0.2) is 0 Å². The molecule has 0 saturated carbocycles. The van der Waals surface area contributed by atoms with Crippen molar-refractivity contribution in [3.8, 4) is 17.2 Å². The summed E-state index contributed by atoms with van der Waals surface area (Å²) in [6.07, 6.45) is 5.83. The molecule has 5 nitrogen and oxygen atoms in total. The smallest absolute Gasteiger partial charge is 0.870 e. The van der Waals surface area contributed by atoms with Crippen LogP contribution < -0.4 is 61.2 Å². The molecule has 0 radical (unpaired) electrons. The number of ether oxygens (including phenoxy) is 1. The summed E-state index contributed by atoms with van der Waals surface area (Å²) in [7, 11) is -4.39. The van der Waals surface area contributed by atoms with Crippen LogP contribution in [0.3, 0.4) is 0 Å². The van der Waals surface area contributed by atoms with Crippen molar-refractivity contribution in [3.05, 3.63) is 48.0 Å². The van der Waals surface area contributed by atoms with Gasteiger partial charge in [0.05, 0.1) is 4.90 Å². The summed E-state index contributed by atoms with van der Waals surface area (Å²) in [6.45, 7) is 2.18. The standard InChI is InChI=1S/C18H22O5S.K/c1-2-3-4-5-6-14-7-9-15(10-8-14)23-18-12-11-16(13-17(18)19)24(20,21)22;/h7-13,19H,2-6H2,1H3,(H,20,21,22);/q;+1/p-1. The van der Waals surface area contributed by atoms with E-state index in [1.165, 1.54) is 30.9 Å². The van der Waals surface area contributed by atoms with E-state index in [-0.39, 0.29) is 57.1 Å². The second kappa shape index (κ2) is 10.7. The molecule has 0 heterocycles. The Kier molecular flexibility index (Phi) is 9.65. The van der Waals surface area contributed by atoms with E-state index in [2.05, 4.69) is 6.92 Å². The Bertz CT molecular complexity index is 773. The molecule has 0 aliphatic carbocycles. The maximum atomic E-state index is 11.9. The van der Waals surface area contributed by atoms with Crippen LogP contribution >= 0.6 is 0 Å². The molecule has 0 aromatic heterocycles. The Balaban J connectivity index is 0.00000312. The minimum Gasteiger partial charge on any atom is -0.870 e. The minimum absolute atomic E-state index is 0. The van der Waals surface area contributed by atoms with Crippen LogP contribution in [0, 0.1) is 0 Å². The number of unbranched alkanes of at least 4 members (excludes halogenated alkanes) is 3. The zero-order chi connectivity index (χ0) is 17.6. The first-order valence-electron chi connectivity index (χ1n) is 7.95. The molecular weight excluding hydrogens is 367 g/mol. The van der Waals surface area contributed by atoms with Crippen molar-refractivity contribution in [2.24, 2.45) is 0 Å². The van der Waals surface area contributed by atoms with Crippen molar-refractivity contribution in [2.75, 3.05) is 0 Å². The van der Waals surface area contributed by atoms with Gasteiger partial charge in [0.25, 0.3) is 10.1 Å². The second-order valence-electron chi connectivity index (χ2n) is 5.64. The summed E-state index contributed by atoms with van der Waals surface area (Å²) in [5.74, 6) is -0.0872. The normalized spacial score (nSPS) is 11.0. The first-order chi connectivity index (χ1) is 11.4. The maximum Gasteiger partial charge on any atom is 1.00 e. The Morgan fingerprint density at radius 1 is 1.04 bits per heavy atom. The van der Waals surface area contributed by atoms with Gasteiger partial charge >= 0.3 is 51.4 Å². The van der Waals surface area contributed by atoms with Crippen molar-refractivity contribution in [1.82, 2.24) is 0 Å². The molecule has 0 aliphatic rings. The molecule has 0 bridgehead atoms. The number of rotatable bonds is 8. The van der Waals surface area contributed by atoms with Gasteiger partial charge in [0.2, 0.25) is 0 Å². The molecule has 0 saturated heterocycles. The summed E-state index contributed by atoms with van der Waals surface area (Å²) in [5, 5.41) is 11.9. The Hall–Kier alpha value is -0.414. The molecule has 0 fully saturated rings. The molecule has 7 heteroatoms. The van der Waals surface area contributed by atoms with Crippen LogP contribution in [0.1, 0.15) is 38.2 Å². The fraction of sp³-hybridized carbons (Fsp3) is 0.333. The third kappa shape index (κ3) is 7.38. The molecule has 0 amide bonds. The Morgan fingerprint density at radius 2 is 1.72 bits per heavy atom. The van der Waals surface area contributed by atoms with E-state index >= 15 is 0 Å². The monoisotopic (exact) mass is 388 g/mol. The van der Waals surface area contributed by atoms with Crippen LogP contribution in [-0.2, 0) is 16.5 Å². The number of benzene rings is 2. The summed E-state index contributed by atoms with van der Waals surface area (Å²) in [4.78, 5) is -0.442. The Labute approximate surface area is 191 Å². The van der Waals surface area contributed by atoms with Crippen LogP contribution in [-0.4, -0.2) is 13.0 Å². The third-order valence-electron chi connectivity index (χ3n) is 3.68. The molecular formula is C18H21KO5S. The van der Waals surface area contributed by atoms with Gasteiger partial charge in [0, 0.05) is 0 Å². The summed E-state index contributed by atoms with van der Waals surface area (Å²) >= 11 is 0. The van der Waals surface area contributed by atoms with Crippen molar-refractivity contribution in [3.63, 3.8) is 0 Å². The summed E-state index contributed by atoms with van der Waals surface area (Å²) in [6, 6.07) is 10.7. The molecule has 130 valence electrons.